The van der Waals surface area contributed by atoms with Crippen LogP contribution in [-0.2, 0) is 0 Å². The first kappa shape index (κ1) is 14.6. The average molecular weight is 321 g/mol. The fraction of sp³-hybridized carbons (Fsp3) is 0.222. The van der Waals surface area contributed by atoms with Crippen molar-refractivity contribution in [1.82, 2.24) is 20.2 Å². The van der Waals surface area contributed by atoms with Crippen LogP contribution in [0.15, 0.2) is 42.6 Å². The number of nitrogens with one attached hydrogen (secondary N) is 2. The minimum absolute atomic E-state index is 0. The molecule has 6 heteroatoms. The van der Waals surface area contributed by atoms with Crippen molar-refractivity contribution >= 4 is 17.4 Å². The smallest absolute Gasteiger partial charge is 0.161 e. The average Bonchev–Trinajstić information content (AvgIpc) is 3.35. The van der Waals surface area contributed by atoms with Crippen LogP contribution in [0, 0.1) is 0 Å². The predicted octanol–water partition coefficient (Wildman–Crippen LogP) is 3.94. The van der Waals surface area contributed by atoms with Crippen molar-refractivity contribution in [2.45, 2.75) is 25.7 Å². The van der Waals surface area contributed by atoms with Gasteiger partial charge in [0.1, 0.15) is 5.82 Å². The molecule has 24 heavy (non-hydrogen) atoms. The zero-order valence-corrected chi connectivity index (χ0v) is 13.3. The zero-order valence-electron chi connectivity index (χ0n) is 13.3. The van der Waals surface area contributed by atoms with E-state index in [1.54, 1.807) is 31.3 Å². The third-order valence-corrected chi connectivity index (χ3v) is 4.08. The summed E-state index contributed by atoms with van der Waals surface area (Å²) >= 11 is 0. The topological polar surface area (TPSA) is 83.6 Å². The summed E-state index contributed by atoms with van der Waals surface area (Å²) < 4.78 is 0. The van der Waals surface area contributed by atoms with Crippen molar-refractivity contribution in [3.05, 3.63) is 53.9 Å². The predicted molar refractivity (Wildman–Crippen MR) is 93.4 cm³/mol. The van der Waals surface area contributed by atoms with Crippen molar-refractivity contribution < 1.29 is 6.22 Å². The largest absolute Gasteiger partial charge is 0.323 e. The number of benzene rings is 1. The minimum Gasteiger partial charge on any atom is -0.323 e. The minimum atomic E-state index is 0. The molecule has 1 saturated carbocycles. The van der Waals surface area contributed by atoms with Gasteiger partial charge in [0.2, 0.25) is 0 Å². The van der Waals surface area contributed by atoms with Gasteiger partial charge in [-0.2, -0.15) is 5.10 Å². The molecule has 2 N–H and O–H groups in total. The van der Waals surface area contributed by atoms with Gasteiger partial charge in [0, 0.05) is 36.4 Å². The number of H-pyrrole nitrogens is 1. The number of anilines is 2. The van der Waals surface area contributed by atoms with E-state index in [-0.39, 0.29) is 7.21 Å². The molecule has 4 rings (SSSR count). The summed E-state index contributed by atoms with van der Waals surface area (Å²) in [5, 5.41) is 10.5. The molecule has 1 aromatic carbocycles. The number of Topliss-reactive ketones (excluding diaryl/α,β-unsaturated/α-hetero) is 1. The summed E-state index contributed by atoms with van der Waals surface area (Å²) in [4.78, 5) is 20.2. The number of ketones is 1. The van der Waals surface area contributed by atoms with E-state index in [0.717, 1.165) is 11.4 Å². The summed E-state index contributed by atoms with van der Waals surface area (Å²) in [5.41, 5.74) is 2.72. The second kappa shape index (κ2) is 5.88. The van der Waals surface area contributed by atoms with Crippen LogP contribution in [-0.4, -0.2) is 25.9 Å². The number of nitrogens with zero attached hydrogens (tertiary/aromatic N) is 3. The molecule has 0 bridgehead atoms. The highest BCUT2D eigenvalue weighted by atomic mass is 16.1. The number of aromatic nitrogens is 4. The Kier molecular flexibility index (Phi) is 3.57. The number of aromatic amines is 1. The van der Waals surface area contributed by atoms with Gasteiger partial charge in [0.25, 0.3) is 0 Å². The SMILES string of the molecule is CC(=O)c1ccc(-c2nccc(Nc3cc(C4CC4)[nH]n3)n2)cc1.[HH]. The van der Waals surface area contributed by atoms with Crippen molar-refractivity contribution in [2.75, 3.05) is 5.32 Å². The highest BCUT2D eigenvalue weighted by Crippen LogP contribution is 2.39. The first-order valence-electron chi connectivity index (χ1n) is 7.96. The highest BCUT2D eigenvalue weighted by molar-refractivity contribution is 5.94. The molecule has 0 radical (unpaired) electrons. The Labute approximate surface area is 140 Å². The fourth-order valence-electron chi connectivity index (χ4n) is 2.56. The molecule has 0 amide bonds. The van der Waals surface area contributed by atoms with Crippen molar-refractivity contribution in [1.29, 1.82) is 0 Å². The Balaban J connectivity index is 0.00000182. The molecule has 1 fully saturated rings. The van der Waals surface area contributed by atoms with Crippen molar-refractivity contribution in [3.8, 4) is 11.4 Å². The Morgan fingerprint density at radius 3 is 2.71 bits per heavy atom. The van der Waals surface area contributed by atoms with Gasteiger partial charge in [0.05, 0.1) is 0 Å². The van der Waals surface area contributed by atoms with E-state index in [0.29, 0.717) is 23.1 Å². The lowest BCUT2D eigenvalue weighted by Gasteiger charge is -2.05. The van der Waals surface area contributed by atoms with Gasteiger partial charge < -0.3 is 5.32 Å². The zero-order chi connectivity index (χ0) is 16.5. The second-order valence-electron chi connectivity index (χ2n) is 6.01. The van der Waals surface area contributed by atoms with Crippen LogP contribution in [0.3, 0.4) is 0 Å². The summed E-state index contributed by atoms with van der Waals surface area (Å²) in [5.74, 6) is 2.72. The first-order valence-corrected chi connectivity index (χ1v) is 7.96. The maximum absolute atomic E-state index is 11.4. The molecular weight excluding hydrogens is 302 g/mol. The molecular formula is C18H19N5O. The van der Waals surface area contributed by atoms with E-state index in [2.05, 4.69) is 25.5 Å². The van der Waals surface area contributed by atoms with E-state index in [1.807, 2.05) is 18.2 Å². The van der Waals surface area contributed by atoms with Crippen LogP contribution in [0.5, 0.6) is 0 Å². The van der Waals surface area contributed by atoms with Gasteiger partial charge in [-0.1, -0.05) is 24.3 Å². The maximum Gasteiger partial charge on any atom is 0.161 e. The van der Waals surface area contributed by atoms with Gasteiger partial charge >= 0.3 is 0 Å². The van der Waals surface area contributed by atoms with Crippen LogP contribution in [0.25, 0.3) is 11.4 Å². The highest BCUT2D eigenvalue weighted by Gasteiger charge is 2.25. The molecule has 1 aliphatic carbocycles. The third kappa shape index (κ3) is 3.03. The monoisotopic (exact) mass is 321 g/mol. The summed E-state index contributed by atoms with van der Waals surface area (Å²) in [6.07, 6.45) is 4.17. The molecule has 1 aliphatic rings. The molecule has 6 nitrogen and oxygen atoms in total. The van der Waals surface area contributed by atoms with Gasteiger partial charge in [-0.05, 0) is 25.8 Å². The van der Waals surface area contributed by atoms with E-state index in [1.165, 1.54) is 18.5 Å². The lowest BCUT2D eigenvalue weighted by Crippen LogP contribution is -1.97. The third-order valence-electron chi connectivity index (χ3n) is 4.08. The van der Waals surface area contributed by atoms with Crippen LogP contribution in [0.4, 0.5) is 11.6 Å². The number of carbonyl (C=O) groups is 1. The van der Waals surface area contributed by atoms with Crippen LogP contribution in [0.2, 0.25) is 0 Å². The summed E-state index contributed by atoms with van der Waals surface area (Å²) in [6, 6.07) is 11.1. The lowest BCUT2D eigenvalue weighted by molar-refractivity contribution is 0.101. The van der Waals surface area contributed by atoms with Crippen LogP contribution in [0.1, 0.15) is 43.2 Å². The Hall–Kier alpha value is -3.02. The molecule has 2 aromatic heterocycles. The van der Waals surface area contributed by atoms with E-state index in [4.69, 9.17) is 0 Å². The normalized spacial score (nSPS) is 13.7. The molecule has 2 heterocycles. The quantitative estimate of drug-likeness (QED) is 0.695. The van der Waals surface area contributed by atoms with Crippen molar-refractivity contribution in [3.63, 3.8) is 0 Å². The standard InChI is InChI=1S/C18H17N5O.H2/c1-11(24)12-2-6-14(7-3-12)18-19-9-8-16(21-18)20-17-10-15(22-23-17)13-4-5-13;/h2-3,6-10,13H,4-5H2,1H3,(H2,19,20,21,22,23);1H. The van der Waals surface area contributed by atoms with E-state index < -0.39 is 0 Å². The second-order valence-corrected chi connectivity index (χ2v) is 6.01. The molecule has 0 unspecified atom stereocenters. The fourth-order valence-corrected chi connectivity index (χ4v) is 2.56. The number of hydrogen-bond acceptors (Lipinski definition) is 5. The maximum atomic E-state index is 11.4. The van der Waals surface area contributed by atoms with Crippen LogP contribution >= 0.6 is 0 Å². The van der Waals surface area contributed by atoms with E-state index in [9.17, 15) is 4.79 Å². The van der Waals surface area contributed by atoms with Gasteiger partial charge in [0.15, 0.2) is 17.4 Å². The first-order chi connectivity index (χ1) is 11.7. The number of hydrogen-bond donors (Lipinski definition) is 2. The van der Waals surface area contributed by atoms with E-state index >= 15 is 0 Å². The molecule has 0 saturated heterocycles. The van der Waals surface area contributed by atoms with Gasteiger partial charge in [-0.3, -0.25) is 9.89 Å². The molecule has 0 atom stereocenters. The van der Waals surface area contributed by atoms with Gasteiger partial charge in [-0.15, -0.1) is 0 Å². The molecule has 3 aromatic rings. The number of rotatable bonds is 5. The van der Waals surface area contributed by atoms with Gasteiger partial charge in [-0.25, -0.2) is 9.97 Å². The molecule has 0 aliphatic heterocycles. The lowest BCUT2D eigenvalue weighted by atomic mass is 10.1. The molecule has 0 spiro atoms. The molecule has 122 valence electrons. The Morgan fingerprint density at radius 2 is 2.00 bits per heavy atom. The Morgan fingerprint density at radius 1 is 1.21 bits per heavy atom. The van der Waals surface area contributed by atoms with Crippen LogP contribution < -0.4 is 5.32 Å². The Bertz CT molecular complexity index is 886. The van der Waals surface area contributed by atoms with Crippen molar-refractivity contribution in [2.24, 2.45) is 0 Å². The summed E-state index contributed by atoms with van der Waals surface area (Å²) in [6.45, 7) is 1.55. The summed E-state index contributed by atoms with van der Waals surface area (Å²) in [7, 11) is 0. The number of carbonyl (C=O) groups excluding carboxylic acids is 1.